The van der Waals surface area contributed by atoms with Crippen molar-refractivity contribution in [2.75, 3.05) is 26.2 Å². The van der Waals surface area contributed by atoms with Gasteiger partial charge in [-0.3, -0.25) is 0 Å². The van der Waals surface area contributed by atoms with Crippen molar-refractivity contribution in [2.45, 2.75) is 26.7 Å². The molecule has 4 nitrogen and oxygen atoms in total. The molecule has 2 N–H and O–H groups in total. The van der Waals surface area contributed by atoms with Gasteiger partial charge in [0.15, 0.2) is 0 Å². The van der Waals surface area contributed by atoms with E-state index in [-0.39, 0.29) is 6.09 Å². The SMILES string of the molecule is CCCCOC(=O)N(CC)CCN. The van der Waals surface area contributed by atoms with E-state index in [1.54, 1.807) is 4.90 Å². The van der Waals surface area contributed by atoms with Crippen LogP contribution in [0.5, 0.6) is 0 Å². The van der Waals surface area contributed by atoms with Crippen LogP contribution in [0.3, 0.4) is 0 Å². The van der Waals surface area contributed by atoms with Crippen LogP contribution in [0.15, 0.2) is 0 Å². The van der Waals surface area contributed by atoms with E-state index >= 15 is 0 Å². The Morgan fingerprint density at radius 1 is 1.46 bits per heavy atom. The van der Waals surface area contributed by atoms with Crippen molar-refractivity contribution in [1.82, 2.24) is 4.90 Å². The zero-order chi connectivity index (χ0) is 10.1. The molecule has 0 heterocycles. The molecule has 0 rings (SSSR count). The Labute approximate surface area is 80.0 Å². The second-order valence-corrected chi connectivity index (χ2v) is 2.84. The summed E-state index contributed by atoms with van der Waals surface area (Å²) in [7, 11) is 0. The Hall–Kier alpha value is -0.770. The molecule has 1 amide bonds. The van der Waals surface area contributed by atoms with E-state index in [1.807, 2.05) is 6.92 Å². The van der Waals surface area contributed by atoms with Gasteiger partial charge in [0, 0.05) is 19.6 Å². The highest BCUT2D eigenvalue weighted by Gasteiger charge is 2.10. The third kappa shape index (κ3) is 5.47. The van der Waals surface area contributed by atoms with Crippen LogP contribution in [0.1, 0.15) is 26.7 Å². The van der Waals surface area contributed by atoms with E-state index in [0.717, 1.165) is 12.8 Å². The van der Waals surface area contributed by atoms with E-state index < -0.39 is 0 Å². The summed E-state index contributed by atoms with van der Waals surface area (Å²) in [4.78, 5) is 12.9. The smallest absolute Gasteiger partial charge is 0.409 e. The second-order valence-electron chi connectivity index (χ2n) is 2.84. The normalized spacial score (nSPS) is 9.77. The summed E-state index contributed by atoms with van der Waals surface area (Å²) >= 11 is 0. The van der Waals surface area contributed by atoms with E-state index in [1.165, 1.54) is 0 Å². The van der Waals surface area contributed by atoms with Crippen molar-refractivity contribution in [1.29, 1.82) is 0 Å². The number of amides is 1. The van der Waals surface area contributed by atoms with Crippen molar-refractivity contribution in [3.63, 3.8) is 0 Å². The van der Waals surface area contributed by atoms with E-state index in [2.05, 4.69) is 6.92 Å². The van der Waals surface area contributed by atoms with Gasteiger partial charge in [0.25, 0.3) is 0 Å². The first kappa shape index (κ1) is 12.2. The van der Waals surface area contributed by atoms with Crippen molar-refractivity contribution >= 4 is 6.09 Å². The number of nitrogens with zero attached hydrogens (tertiary/aromatic N) is 1. The Kier molecular flexibility index (Phi) is 7.39. The van der Waals surface area contributed by atoms with Gasteiger partial charge in [0.2, 0.25) is 0 Å². The molecule has 4 heteroatoms. The molecule has 0 fully saturated rings. The number of hydrogen-bond donors (Lipinski definition) is 1. The first-order chi connectivity index (χ1) is 6.26. The third-order valence-electron chi connectivity index (χ3n) is 1.76. The monoisotopic (exact) mass is 188 g/mol. The second kappa shape index (κ2) is 7.86. The van der Waals surface area contributed by atoms with Gasteiger partial charge in [-0.1, -0.05) is 13.3 Å². The minimum absolute atomic E-state index is 0.249. The molecule has 0 aromatic heterocycles. The van der Waals surface area contributed by atoms with Gasteiger partial charge in [-0.15, -0.1) is 0 Å². The Morgan fingerprint density at radius 3 is 2.62 bits per heavy atom. The summed E-state index contributed by atoms with van der Waals surface area (Å²) in [6.07, 6.45) is 1.71. The maximum atomic E-state index is 11.3. The fraction of sp³-hybridized carbons (Fsp3) is 0.889. The zero-order valence-corrected chi connectivity index (χ0v) is 8.58. The number of nitrogens with two attached hydrogens (primary N) is 1. The molecule has 0 atom stereocenters. The van der Waals surface area contributed by atoms with Gasteiger partial charge >= 0.3 is 6.09 Å². The summed E-state index contributed by atoms with van der Waals surface area (Å²) in [5.74, 6) is 0. The van der Waals surface area contributed by atoms with Gasteiger partial charge < -0.3 is 15.4 Å². The number of unbranched alkanes of at least 4 members (excludes halogenated alkanes) is 1. The first-order valence-corrected chi connectivity index (χ1v) is 4.88. The lowest BCUT2D eigenvalue weighted by Crippen LogP contribution is -2.35. The average Bonchev–Trinajstić information content (AvgIpc) is 2.14. The predicted octanol–water partition coefficient (Wildman–Crippen LogP) is 1.20. The highest BCUT2D eigenvalue weighted by atomic mass is 16.6. The molecule has 0 aliphatic rings. The maximum Gasteiger partial charge on any atom is 0.409 e. The quantitative estimate of drug-likeness (QED) is 0.637. The summed E-state index contributed by atoms with van der Waals surface area (Å²) in [6.45, 7) is 6.19. The molecule has 0 radical (unpaired) electrons. The Bertz CT molecular complexity index is 140. The van der Waals surface area contributed by atoms with E-state index in [4.69, 9.17) is 10.5 Å². The molecular formula is C9H20N2O2. The number of likely N-dealkylation sites (N-methyl/N-ethyl adjacent to an activating group) is 1. The fourth-order valence-electron chi connectivity index (χ4n) is 0.929. The van der Waals surface area contributed by atoms with Crippen LogP contribution in [-0.4, -0.2) is 37.2 Å². The largest absolute Gasteiger partial charge is 0.449 e. The fourth-order valence-corrected chi connectivity index (χ4v) is 0.929. The summed E-state index contributed by atoms with van der Waals surface area (Å²) < 4.78 is 5.02. The molecular weight excluding hydrogens is 168 g/mol. The van der Waals surface area contributed by atoms with Gasteiger partial charge in [0.05, 0.1) is 6.61 Å². The molecule has 0 spiro atoms. The lowest BCUT2D eigenvalue weighted by atomic mass is 10.4. The first-order valence-electron chi connectivity index (χ1n) is 4.88. The van der Waals surface area contributed by atoms with Crippen LogP contribution in [0.4, 0.5) is 4.79 Å². The highest BCUT2D eigenvalue weighted by Crippen LogP contribution is 1.95. The lowest BCUT2D eigenvalue weighted by molar-refractivity contribution is 0.104. The molecule has 78 valence electrons. The zero-order valence-electron chi connectivity index (χ0n) is 8.58. The van der Waals surface area contributed by atoms with Crippen molar-refractivity contribution < 1.29 is 9.53 Å². The van der Waals surface area contributed by atoms with E-state index in [0.29, 0.717) is 26.2 Å². The van der Waals surface area contributed by atoms with Gasteiger partial charge in [-0.2, -0.15) is 0 Å². The van der Waals surface area contributed by atoms with Gasteiger partial charge in [-0.05, 0) is 13.3 Å². The molecule has 0 bridgehead atoms. The van der Waals surface area contributed by atoms with Gasteiger partial charge in [-0.25, -0.2) is 4.79 Å². The highest BCUT2D eigenvalue weighted by molar-refractivity contribution is 5.67. The molecule has 0 unspecified atom stereocenters. The number of rotatable bonds is 6. The van der Waals surface area contributed by atoms with Crippen molar-refractivity contribution in [3.8, 4) is 0 Å². The topological polar surface area (TPSA) is 55.6 Å². The molecule has 0 saturated carbocycles. The summed E-state index contributed by atoms with van der Waals surface area (Å²) in [5.41, 5.74) is 5.35. The molecule has 0 saturated heterocycles. The molecule has 0 aliphatic carbocycles. The van der Waals surface area contributed by atoms with Crippen LogP contribution < -0.4 is 5.73 Å². The van der Waals surface area contributed by atoms with Gasteiger partial charge in [0.1, 0.15) is 0 Å². The molecule has 0 aromatic carbocycles. The van der Waals surface area contributed by atoms with E-state index in [9.17, 15) is 4.79 Å². The standard InChI is InChI=1S/C9H20N2O2/c1-3-5-8-13-9(12)11(4-2)7-6-10/h3-8,10H2,1-2H3. The summed E-state index contributed by atoms with van der Waals surface area (Å²) in [6, 6.07) is 0. The van der Waals surface area contributed by atoms with Crippen LogP contribution in [0.25, 0.3) is 0 Å². The van der Waals surface area contributed by atoms with Crippen LogP contribution in [0.2, 0.25) is 0 Å². The number of carbonyl (C=O) groups is 1. The minimum Gasteiger partial charge on any atom is -0.449 e. The van der Waals surface area contributed by atoms with Crippen molar-refractivity contribution in [2.24, 2.45) is 5.73 Å². The van der Waals surface area contributed by atoms with Crippen LogP contribution in [-0.2, 0) is 4.74 Å². The Balaban J connectivity index is 3.64. The number of hydrogen-bond acceptors (Lipinski definition) is 3. The predicted molar refractivity (Wildman–Crippen MR) is 52.6 cm³/mol. The van der Waals surface area contributed by atoms with Crippen LogP contribution >= 0.6 is 0 Å². The molecule has 13 heavy (non-hydrogen) atoms. The minimum atomic E-state index is -0.249. The lowest BCUT2D eigenvalue weighted by Gasteiger charge is -2.19. The number of ether oxygens (including phenoxy) is 1. The summed E-state index contributed by atoms with van der Waals surface area (Å²) in [5, 5.41) is 0. The Morgan fingerprint density at radius 2 is 2.15 bits per heavy atom. The maximum absolute atomic E-state index is 11.3. The van der Waals surface area contributed by atoms with Crippen molar-refractivity contribution in [3.05, 3.63) is 0 Å². The third-order valence-corrected chi connectivity index (χ3v) is 1.76. The van der Waals surface area contributed by atoms with Crippen LogP contribution in [0, 0.1) is 0 Å². The average molecular weight is 188 g/mol. The molecule has 0 aliphatic heterocycles. The number of carbonyl (C=O) groups excluding carboxylic acids is 1. The molecule has 0 aromatic rings.